The zero-order valence-electron chi connectivity index (χ0n) is 7.53. The van der Waals surface area contributed by atoms with Gasteiger partial charge in [0.25, 0.3) is 0 Å². The molecule has 1 aliphatic carbocycles. The molecule has 0 aromatic heterocycles. The van der Waals surface area contributed by atoms with Crippen LogP contribution in [0.3, 0.4) is 0 Å². The van der Waals surface area contributed by atoms with Gasteiger partial charge in [-0.1, -0.05) is 19.1 Å². The third-order valence-electron chi connectivity index (χ3n) is 2.65. The Balaban J connectivity index is 2.41. The first kappa shape index (κ1) is 8.30. The van der Waals surface area contributed by atoms with Gasteiger partial charge in [0.2, 0.25) is 5.43 Å². The van der Waals surface area contributed by atoms with Crippen LogP contribution in [0.1, 0.15) is 24.8 Å². The van der Waals surface area contributed by atoms with Gasteiger partial charge in [0, 0.05) is 0 Å². The molecule has 1 N–H and O–H groups in total. The van der Waals surface area contributed by atoms with Gasteiger partial charge in [0.05, 0.1) is 0 Å². The van der Waals surface area contributed by atoms with Gasteiger partial charge in [0.1, 0.15) is 0 Å². The summed E-state index contributed by atoms with van der Waals surface area (Å²) >= 11 is 0. The number of rotatable bonds is 1. The summed E-state index contributed by atoms with van der Waals surface area (Å²) in [5.74, 6) is 1.14. The lowest BCUT2D eigenvalue weighted by atomic mass is 10.1. The molecule has 0 unspecified atom stereocenters. The summed E-state index contributed by atoms with van der Waals surface area (Å²) in [6.07, 6.45) is 1.19. The Labute approximate surface area is 76.9 Å². The largest absolute Gasteiger partial charge is 0.504 e. The lowest BCUT2D eigenvalue weighted by Crippen LogP contribution is -1.91. The van der Waals surface area contributed by atoms with E-state index in [9.17, 15) is 4.79 Å². The van der Waals surface area contributed by atoms with Crippen LogP contribution in [0.25, 0.3) is 0 Å². The van der Waals surface area contributed by atoms with Crippen molar-refractivity contribution in [2.45, 2.75) is 19.3 Å². The van der Waals surface area contributed by atoms with Gasteiger partial charge in [-0.2, -0.15) is 0 Å². The van der Waals surface area contributed by atoms with Crippen molar-refractivity contribution in [3.63, 3.8) is 0 Å². The molecule has 2 rings (SSSR count). The zero-order chi connectivity index (χ0) is 9.42. The van der Waals surface area contributed by atoms with Crippen molar-refractivity contribution < 1.29 is 5.11 Å². The second-order valence-electron chi connectivity index (χ2n) is 3.74. The Bertz CT molecular complexity index is 384. The van der Waals surface area contributed by atoms with Gasteiger partial charge in [-0.3, -0.25) is 4.79 Å². The molecular formula is C11H12O2. The van der Waals surface area contributed by atoms with Crippen LogP contribution in [0, 0.1) is 5.92 Å². The second kappa shape index (κ2) is 2.87. The molecule has 0 aliphatic heterocycles. The molecule has 68 valence electrons. The number of hydrogen-bond donors (Lipinski definition) is 1. The van der Waals surface area contributed by atoms with E-state index in [4.69, 9.17) is 5.11 Å². The fraction of sp³-hybridized carbons (Fsp3) is 0.364. The average Bonchev–Trinajstić information content (AvgIpc) is 2.82. The minimum Gasteiger partial charge on any atom is -0.504 e. The van der Waals surface area contributed by atoms with Gasteiger partial charge in [-0.25, -0.2) is 0 Å². The number of hydrogen-bond acceptors (Lipinski definition) is 2. The molecule has 0 saturated heterocycles. The van der Waals surface area contributed by atoms with E-state index >= 15 is 0 Å². The van der Waals surface area contributed by atoms with Crippen molar-refractivity contribution in [3.05, 3.63) is 40.1 Å². The van der Waals surface area contributed by atoms with Crippen LogP contribution in [0.5, 0.6) is 5.75 Å². The van der Waals surface area contributed by atoms with E-state index in [1.165, 1.54) is 18.6 Å². The Morgan fingerprint density at radius 2 is 1.92 bits per heavy atom. The lowest BCUT2D eigenvalue weighted by molar-refractivity contribution is 0.471. The van der Waals surface area contributed by atoms with Gasteiger partial charge >= 0.3 is 0 Å². The molecule has 1 saturated carbocycles. The van der Waals surface area contributed by atoms with Crippen LogP contribution in [0.4, 0.5) is 0 Å². The van der Waals surface area contributed by atoms with Gasteiger partial charge in [0.15, 0.2) is 5.75 Å². The van der Waals surface area contributed by atoms with E-state index < -0.39 is 0 Å². The van der Waals surface area contributed by atoms with Crippen LogP contribution < -0.4 is 5.43 Å². The fourth-order valence-electron chi connectivity index (χ4n) is 1.60. The van der Waals surface area contributed by atoms with Crippen LogP contribution in [-0.2, 0) is 0 Å². The highest BCUT2D eigenvalue weighted by Gasteiger charge is 2.33. The predicted octanol–water partition coefficient (Wildman–Crippen LogP) is 1.88. The van der Waals surface area contributed by atoms with Crippen molar-refractivity contribution in [1.29, 1.82) is 0 Å². The van der Waals surface area contributed by atoms with Crippen molar-refractivity contribution in [1.82, 2.24) is 0 Å². The maximum Gasteiger partial charge on any atom is 0.220 e. The average molecular weight is 176 g/mol. The standard InChI is InChI=1S/C11H12O2/c1-7-6-9(7)8-2-4-10(12)11(13)5-3-8/h2-5,7,9H,6H2,1H3,(H,12,13)/t7-,9+/m0/s1. The molecule has 0 bridgehead atoms. The van der Waals surface area contributed by atoms with Crippen molar-refractivity contribution in [2.24, 2.45) is 5.92 Å². The Morgan fingerprint density at radius 1 is 1.31 bits per heavy atom. The molecular weight excluding hydrogens is 164 g/mol. The van der Waals surface area contributed by atoms with Crippen molar-refractivity contribution in [2.75, 3.05) is 0 Å². The monoisotopic (exact) mass is 176 g/mol. The van der Waals surface area contributed by atoms with Crippen LogP contribution in [-0.4, -0.2) is 5.11 Å². The molecule has 2 nitrogen and oxygen atoms in total. The van der Waals surface area contributed by atoms with E-state index in [0.29, 0.717) is 5.92 Å². The molecule has 0 amide bonds. The summed E-state index contributed by atoms with van der Waals surface area (Å²) in [5, 5.41) is 9.16. The molecule has 2 heteroatoms. The van der Waals surface area contributed by atoms with Gasteiger partial charge < -0.3 is 5.11 Å². The van der Waals surface area contributed by atoms with E-state index in [1.807, 2.05) is 12.1 Å². The quantitative estimate of drug-likeness (QED) is 0.709. The minimum atomic E-state index is -0.306. The summed E-state index contributed by atoms with van der Waals surface area (Å²) < 4.78 is 0. The first-order valence-electron chi connectivity index (χ1n) is 4.51. The molecule has 0 heterocycles. The van der Waals surface area contributed by atoms with E-state index in [-0.39, 0.29) is 11.2 Å². The normalized spacial score (nSPS) is 25.6. The minimum absolute atomic E-state index is 0.167. The first-order chi connectivity index (χ1) is 6.18. The molecule has 13 heavy (non-hydrogen) atoms. The second-order valence-corrected chi connectivity index (χ2v) is 3.74. The Morgan fingerprint density at radius 3 is 2.54 bits per heavy atom. The topological polar surface area (TPSA) is 37.3 Å². The van der Waals surface area contributed by atoms with Crippen LogP contribution in [0.15, 0.2) is 29.1 Å². The number of aromatic hydroxyl groups is 1. The molecule has 1 aliphatic rings. The molecule has 0 spiro atoms. The highest BCUT2D eigenvalue weighted by Crippen LogP contribution is 2.46. The van der Waals surface area contributed by atoms with Gasteiger partial charge in [-0.15, -0.1) is 0 Å². The van der Waals surface area contributed by atoms with E-state index in [0.717, 1.165) is 11.5 Å². The molecule has 1 aromatic rings. The first-order valence-corrected chi connectivity index (χ1v) is 4.51. The van der Waals surface area contributed by atoms with Crippen LogP contribution in [0.2, 0.25) is 0 Å². The van der Waals surface area contributed by atoms with Crippen molar-refractivity contribution >= 4 is 0 Å². The SMILES string of the molecule is C[C@H]1C[C@H]1c1ccc(O)c(=O)cc1. The third-order valence-corrected chi connectivity index (χ3v) is 2.65. The highest BCUT2D eigenvalue weighted by molar-refractivity contribution is 5.29. The Kier molecular flexibility index (Phi) is 1.83. The van der Waals surface area contributed by atoms with E-state index in [2.05, 4.69) is 6.92 Å². The smallest absolute Gasteiger partial charge is 0.220 e. The van der Waals surface area contributed by atoms with E-state index in [1.54, 1.807) is 0 Å². The lowest BCUT2D eigenvalue weighted by Gasteiger charge is -1.90. The Hall–Kier alpha value is -1.31. The van der Waals surface area contributed by atoms with Crippen molar-refractivity contribution in [3.8, 4) is 5.75 Å². The summed E-state index contributed by atoms with van der Waals surface area (Å²) in [6.45, 7) is 2.19. The van der Waals surface area contributed by atoms with Crippen LogP contribution >= 0.6 is 0 Å². The molecule has 2 atom stereocenters. The highest BCUT2D eigenvalue weighted by atomic mass is 16.3. The summed E-state index contributed by atoms with van der Waals surface area (Å²) in [4.78, 5) is 11.0. The summed E-state index contributed by atoms with van der Waals surface area (Å²) in [7, 11) is 0. The third kappa shape index (κ3) is 1.57. The van der Waals surface area contributed by atoms with Gasteiger partial charge in [-0.05, 0) is 36.0 Å². The molecule has 1 fully saturated rings. The molecule has 0 radical (unpaired) electrons. The summed E-state index contributed by atoms with van der Waals surface area (Å²) in [5.41, 5.74) is 0.851. The fourth-order valence-corrected chi connectivity index (χ4v) is 1.60. The summed E-state index contributed by atoms with van der Waals surface area (Å²) in [6, 6.07) is 6.58. The maximum absolute atomic E-state index is 11.0. The molecule has 1 aromatic carbocycles. The zero-order valence-corrected chi connectivity index (χ0v) is 7.53. The predicted molar refractivity (Wildman–Crippen MR) is 50.9 cm³/mol. The maximum atomic E-state index is 11.0.